The predicted octanol–water partition coefficient (Wildman–Crippen LogP) is 2.71. The number of nitrogens with zero attached hydrogens (tertiary/aromatic N) is 1. The molecule has 1 saturated heterocycles. The first kappa shape index (κ1) is 21.2. The summed E-state index contributed by atoms with van der Waals surface area (Å²) in [6.07, 6.45) is -2.12. The van der Waals surface area contributed by atoms with Gasteiger partial charge in [-0.3, -0.25) is 9.59 Å². The molecule has 0 aromatic heterocycles. The van der Waals surface area contributed by atoms with E-state index in [0.717, 1.165) is 32.9 Å². The largest absolute Gasteiger partial charge is 0.471 e. The maximum atomic E-state index is 12.4. The fourth-order valence-corrected chi connectivity index (χ4v) is 2.61. The molecule has 1 unspecified atom stereocenters. The fourth-order valence-electron chi connectivity index (χ4n) is 2.61. The van der Waals surface area contributed by atoms with Crippen LogP contribution in [0.1, 0.15) is 24.8 Å². The van der Waals surface area contributed by atoms with Gasteiger partial charge < -0.3 is 15.5 Å². The second-order valence-electron chi connectivity index (χ2n) is 5.85. The van der Waals surface area contributed by atoms with E-state index in [-0.39, 0.29) is 30.9 Å². The zero-order valence-electron chi connectivity index (χ0n) is 13.7. The van der Waals surface area contributed by atoms with Crippen molar-refractivity contribution in [3.8, 4) is 0 Å². The van der Waals surface area contributed by atoms with E-state index >= 15 is 0 Å². The molecule has 1 heterocycles. The number of hydrogen-bond acceptors (Lipinski definition) is 3. The quantitative estimate of drug-likeness (QED) is 0.845. The number of hydrogen-bond donors (Lipinski definition) is 2. The highest BCUT2D eigenvalue weighted by molar-refractivity contribution is 5.95. The van der Waals surface area contributed by atoms with E-state index in [1.165, 1.54) is 0 Å². The van der Waals surface area contributed by atoms with Crippen LogP contribution >= 0.6 is 12.4 Å². The van der Waals surface area contributed by atoms with Gasteiger partial charge in [-0.2, -0.15) is 13.2 Å². The van der Waals surface area contributed by atoms with E-state index in [9.17, 15) is 22.8 Å². The predicted molar refractivity (Wildman–Crippen MR) is 90.5 cm³/mol. The lowest BCUT2D eigenvalue weighted by Gasteiger charge is -2.23. The second kappa shape index (κ2) is 9.05. The molecule has 9 heteroatoms. The molecule has 0 spiro atoms. The number of piperidine rings is 1. The Hall–Kier alpha value is -1.80. The summed E-state index contributed by atoms with van der Waals surface area (Å²) < 4.78 is 37.2. The molecule has 2 N–H and O–H groups in total. The highest BCUT2D eigenvalue weighted by atomic mass is 35.5. The Bertz CT molecular complexity index is 605. The van der Waals surface area contributed by atoms with Crippen molar-refractivity contribution in [1.82, 2.24) is 10.2 Å². The molecular formula is C16H21ClF3N3O2. The third kappa shape index (κ3) is 6.21. The first-order chi connectivity index (χ1) is 11.3. The molecule has 2 amide bonds. The number of amides is 2. The SMILES string of the molecule is CN(Cc1cccc(NC(=O)C2CCCCN2)c1)C(=O)C(F)(F)F.Cl. The van der Waals surface area contributed by atoms with Gasteiger partial charge in [-0.1, -0.05) is 18.6 Å². The van der Waals surface area contributed by atoms with Crippen molar-refractivity contribution in [2.45, 2.75) is 38.0 Å². The molecule has 0 aliphatic carbocycles. The van der Waals surface area contributed by atoms with Crippen LogP contribution in [-0.4, -0.2) is 42.5 Å². The highest BCUT2D eigenvalue weighted by Crippen LogP contribution is 2.20. The highest BCUT2D eigenvalue weighted by Gasteiger charge is 2.41. The molecule has 1 aromatic carbocycles. The van der Waals surface area contributed by atoms with Gasteiger partial charge in [-0.05, 0) is 37.1 Å². The molecule has 1 aromatic rings. The van der Waals surface area contributed by atoms with E-state index < -0.39 is 12.1 Å². The summed E-state index contributed by atoms with van der Waals surface area (Å²) in [4.78, 5) is 23.9. The molecule has 5 nitrogen and oxygen atoms in total. The Morgan fingerprint density at radius 1 is 1.32 bits per heavy atom. The number of benzene rings is 1. The van der Waals surface area contributed by atoms with Gasteiger partial charge in [0.05, 0.1) is 6.04 Å². The van der Waals surface area contributed by atoms with E-state index in [4.69, 9.17) is 0 Å². The van der Waals surface area contributed by atoms with Crippen LogP contribution in [0.25, 0.3) is 0 Å². The average Bonchev–Trinajstić information content (AvgIpc) is 2.54. The zero-order chi connectivity index (χ0) is 17.7. The third-order valence-electron chi connectivity index (χ3n) is 3.83. The van der Waals surface area contributed by atoms with Gasteiger partial charge in [0, 0.05) is 19.3 Å². The van der Waals surface area contributed by atoms with Gasteiger partial charge >= 0.3 is 12.1 Å². The van der Waals surface area contributed by atoms with Crippen molar-refractivity contribution in [2.75, 3.05) is 18.9 Å². The Morgan fingerprint density at radius 3 is 2.64 bits per heavy atom. The standard InChI is InChI=1S/C16H20F3N3O2.ClH/c1-22(15(24)16(17,18)19)10-11-5-4-6-12(9-11)21-14(23)13-7-2-3-8-20-13;/h4-6,9,13,20H,2-3,7-8,10H2,1H3,(H,21,23);1H. The molecular weight excluding hydrogens is 359 g/mol. The Balaban J connectivity index is 0.00000312. The smallest absolute Gasteiger partial charge is 0.334 e. The molecule has 0 saturated carbocycles. The average molecular weight is 380 g/mol. The molecule has 1 atom stereocenters. The van der Waals surface area contributed by atoms with Gasteiger partial charge in [0.15, 0.2) is 0 Å². The maximum absolute atomic E-state index is 12.4. The van der Waals surface area contributed by atoms with Crippen LogP contribution in [0.3, 0.4) is 0 Å². The normalized spacial score (nSPS) is 17.4. The van der Waals surface area contributed by atoms with Gasteiger partial charge in [0.1, 0.15) is 0 Å². The number of alkyl halides is 3. The summed E-state index contributed by atoms with van der Waals surface area (Å²) in [5.41, 5.74) is 1.00. The van der Waals surface area contributed by atoms with Crippen LogP contribution in [-0.2, 0) is 16.1 Å². The number of nitrogens with one attached hydrogen (secondary N) is 2. The fraction of sp³-hybridized carbons (Fsp3) is 0.500. The van der Waals surface area contributed by atoms with Crippen LogP contribution in [0, 0.1) is 0 Å². The van der Waals surface area contributed by atoms with E-state index in [1.807, 2.05) is 0 Å². The molecule has 140 valence electrons. The Kier molecular flexibility index (Phi) is 7.69. The van der Waals surface area contributed by atoms with Crippen LogP contribution in [0.4, 0.5) is 18.9 Å². The lowest BCUT2D eigenvalue weighted by molar-refractivity contribution is -0.184. The van der Waals surface area contributed by atoms with Crippen molar-refractivity contribution in [3.05, 3.63) is 29.8 Å². The topological polar surface area (TPSA) is 61.4 Å². The third-order valence-corrected chi connectivity index (χ3v) is 3.83. The minimum Gasteiger partial charge on any atom is -0.334 e. The minimum atomic E-state index is -4.90. The molecule has 0 bridgehead atoms. The van der Waals surface area contributed by atoms with Crippen LogP contribution in [0.15, 0.2) is 24.3 Å². The van der Waals surface area contributed by atoms with Gasteiger partial charge in [-0.25, -0.2) is 0 Å². The van der Waals surface area contributed by atoms with Gasteiger partial charge in [0.2, 0.25) is 5.91 Å². The molecule has 1 aliphatic heterocycles. The Labute approximate surface area is 150 Å². The number of anilines is 1. The van der Waals surface area contributed by atoms with Crippen LogP contribution < -0.4 is 10.6 Å². The Morgan fingerprint density at radius 2 is 2.04 bits per heavy atom. The van der Waals surface area contributed by atoms with Gasteiger partial charge in [0.25, 0.3) is 0 Å². The molecule has 1 fully saturated rings. The molecule has 0 radical (unpaired) electrons. The molecule has 1 aliphatic rings. The van der Waals surface area contributed by atoms with Crippen molar-refractivity contribution in [1.29, 1.82) is 0 Å². The number of rotatable bonds is 4. The number of carbonyl (C=O) groups is 2. The first-order valence-corrected chi connectivity index (χ1v) is 7.73. The summed E-state index contributed by atoms with van der Waals surface area (Å²) in [5.74, 6) is -2.06. The summed E-state index contributed by atoms with van der Waals surface area (Å²) in [5, 5.41) is 5.89. The van der Waals surface area contributed by atoms with Crippen molar-refractivity contribution < 1.29 is 22.8 Å². The van der Waals surface area contributed by atoms with Crippen LogP contribution in [0.2, 0.25) is 0 Å². The summed E-state index contributed by atoms with van der Waals surface area (Å²) in [7, 11) is 1.09. The van der Waals surface area contributed by atoms with Crippen molar-refractivity contribution >= 4 is 29.9 Å². The minimum absolute atomic E-state index is 0. The molecule has 25 heavy (non-hydrogen) atoms. The number of halogens is 4. The summed E-state index contributed by atoms with van der Waals surface area (Å²) in [6, 6.07) is 6.22. The van der Waals surface area contributed by atoms with E-state index in [0.29, 0.717) is 16.2 Å². The van der Waals surface area contributed by atoms with Crippen molar-refractivity contribution in [3.63, 3.8) is 0 Å². The monoisotopic (exact) mass is 379 g/mol. The lowest BCUT2D eigenvalue weighted by atomic mass is 10.0. The van der Waals surface area contributed by atoms with Gasteiger partial charge in [-0.15, -0.1) is 12.4 Å². The second-order valence-corrected chi connectivity index (χ2v) is 5.85. The number of carbonyl (C=O) groups excluding carboxylic acids is 2. The maximum Gasteiger partial charge on any atom is 0.471 e. The lowest BCUT2D eigenvalue weighted by Crippen LogP contribution is -2.43. The zero-order valence-corrected chi connectivity index (χ0v) is 14.5. The van der Waals surface area contributed by atoms with E-state index in [1.54, 1.807) is 24.3 Å². The van der Waals surface area contributed by atoms with E-state index in [2.05, 4.69) is 10.6 Å². The molecule has 2 rings (SSSR count). The van der Waals surface area contributed by atoms with Crippen LogP contribution in [0.5, 0.6) is 0 Å². The van der Waals surface area contributed by atoms with Crippen molar-refractivity contribution in [2.24, 2.45) is 0 Å². The summed E-state index contributed by atoms with van der Waals surface area (Å²) in [6.45, 7) is 0.603. The summed E-state index contributed by atoms with van der Waals surface area (Å²) >= 11 is 0. The first-order valence-electron chi connectivity index (χ1n) is 7.73.